The van der Waals surface area contributed by atoms with E-state index >= 15 is 0 Å². The summed E-state index contributed by atoms with van der Waals surface area (Å²) in [6, 6.07) is 23.7. The Morgan fingerprint density at radius 3 is 2.37 bits per heavy atom. The fourth-order valence-electron chi connectivity index (χ4n) is 5.42. The van der Waals surface area contributed by atoms with Gasteiger partial charge in [0.1, 0.15) is 0 Å². The number of nitrogens with one attached hydrogen (secondary N) is 1. The number of carbonyl (C=O) groups is 3. The molecule has 1 heterocycles. The summed E-state index contributed by atoms with van der Waals surface area (Å²) in [6.45, 7) is 4.84. The van der Waals surface area contributed by atoms with Gasteiger partial charge >= 0.3 is 5.97 Å². The normalized spacial score (nSPS) is 13.1. The van der Waals surface area contributed by atoms with Crippen molar-refractivity contribution in [1.29, 1.82) is 0 Å². The molecule has 3 aromatic rings. The van der Waals surface area contributed by atoms with Gasteiger partial charge in [0.2, 0.25) is 5.91 Å². The molecular weight excluding hydrogens is 606 g/mol. The number of esters is 1. The Hall–Kier alpha value is -3.49. The molecule has 0 aromatic heterocycles. The smallest absolute Gasteiger partial charge is 0.305 e. The highest BCUT2D eigenvalue weighted by Gasteiger charge is 2.16. The lowest BCUT2D eigenvalue weighted by Gasteiger charge is -2.23. The summed E-state index contributed by atoms with van der Waals surface area (Å²) in [5.41, 5.74) is 4.59. The highest BCUT2D eigenvalue weighted by molar-refractivity contribution is 9.10. The third-order valence-corrected chi connectivity index (χ3v) is 8.30. The molecule has 43 heavy (non-hydrogen) atoms. The number of nitrogens with zero attached hydrogens (tertiary/aromatic N) is 2. The van der Waals surface area contributed by atoms with Crippen molar-refractivity contribution < 1.29 is 19.1 Å². The molecule has 3 aromatic carbocycles. The van der Waals surface area contributed by atoms with Gasteiger partial charge in [-0.3, -0.25) is 14.4 Å². The lowest BCUT2D eigenvalue weighted by molar-refractivity contribution is -0.140. The quantitative estimate of drug-likeness (QED) is 0.156. The first-order valence-corrected chi connectivity index (χ1v) is 16.0. The lowest BCUT2D eigenvalue weighted by Crippen LogP contribution is -2.33. The number of hydrogen-bond donors (Lipinski definition) is 1. The van der Waals surface area contributed by atoms with Crippen LogP contribution in [-0.4, -0.2) is 67.4 Å². The third-order valence-electron chi connectivity index (χ3n) is 7.80. The Morgan fingerprint density at radius 1 is 0.884 bits per heavy atom. The molecule has 0 radical (unpaired) electrons. The molecule has 4 rings (SSSR count). The average Bonchev–Trinajstić information content (AvgIpc) is 3.54. The predicted molar refractivity (Wildman–Crippen MR) is 174 cm³/mol. The number of carbonyl (C=O) groups excluding carboxylic acids is 3. The van der Waals surface area contributed by atoms with Crippen LogP contribution in [0.3, 0.4) is 0 Å². The number of ether oxygens (including phenoxy) is 1. The van der Waals surface area contributed by atoms with Crippen LogP contribution in [0, 0.1) is 0 Å². The molecule has 0 spiro atoms. The Labute approximate surface area is 263 Å². The zero-order valence-electron chi connectivity index (χ0n) is 25.0. The molecule has 228 valence electrons. The number of methoxy groups -OCH3 is 1. The predicted octanol–water partition coefficient (Wildman–Crippen LogP) is 6.25. The van der Waals surface area contributed by atoms with E-state index in [-0.39, 0.29) is 17.8 Å². The highest BCUT2D eigenvalue weighted by atomic mass is 79.9. The summed E-state index contributed by atoms with van der Waals surface area (Å²) in [4.78, 5) is 42.1. The van der Waals surface area contributed by atoms with Crippen molar-refractivity contribution in [2.24, 2.45) is 0 Å². The van der Waals surface area contributed by atoms with E-state index < -0.39 is 0 Å². The topological polar surface area (TPSA) is 79.0 Å². The molecule has 1 saturated heterocycles. The number of halogens is 1. The summed E-state index contributed by atoms with van der Waals surface area (Å²) in [7, 11) is 1.40. The molecule has 0 unspecified atom stereocenters. The molecule has 0 bridgehead atoms. The Bertz CT molecular complexity index is 1370. The van der Waals surface area contributed by atoms with Crippen molar-refractivity contribution in [2.45, 2.75) is 51.5 Å². The highest BCUT2D eigenvalue weighted by Crippen LogP contribution is 2.23. The fraction of sp³-hybridized carbons (Fsp3) is 0.400. The van der Waals surface area contributed by atoms with E-state index in [4.69, 9.17) is 4.74 Å². The minimum absolute atomic E-state index is 0.0593. The maximum absolute atomic E-state index is 13.5. The number of hydrogen-bond acceptors (Lipinski definition) is 5. The van der Waals surface area contributed by atoms with Crippen LogP contribution in [0.4, 0.5) is 0 Å². The van der Waals surface area contributed by atoms with Crippen molar-refractivity contribution in [2.75, 3.05) is 39.8 Å². The van der Waals surface area contributed by atoms with Crippen LogP contribution in [-0.2, 0) is 27.3 Å². The van der Waals surface area contributed by atoms with Gasteiger partial charge in [0.05, 0.1) is 13.5 Å². The summed E-state index contributed by atoms with van der Waals surface area (Å²) in [5, 5.41) is 3.06. The fourth-order valence-corrected chi connectivity index (χ4v) is 5.87. The van der Waals surface area contributed by atoms with Crippen LogP contribution >= 0.6 is 15.9 Å². The van der Waals surface area contributed by atoms with Crippen LogP contribution in [0.2, 0.25) is 0 Å². The van der Waals surface area contributed by atoms with Crippen LogP contribution in [0.25, 0.3) is 11.1 Å². The first kappa shape index (κ1) is 32.4. The maximum Gasteiger partial charge on any atom is 0.305 e. The van der Waals surface area contributed by atoms with E-state index in [1.165, 1.54) is 20.0 Å². The van der Waals surface area contributed by atoms with Crippen LogP contribution < -0.4 is 5.32 Å². The van der Waals surface area contributed by atoms with Gasteiger partial charge in [-0.05, 0) is 91.4 Å². The van der Waals surface area contributed by atoms with E-state index in [9.17, 15) is 14.4 Å². The lowest BCUT2D eigenvalue weighted by atomic mass is 10.0. The molecule has 1 fully saturated rings. The number of amides is 2. The van der Waals surface area contributed by atoms with Crippen LogP contribution in [0.1, 0.15) is 60.0 Å². The first-order chi connectivity index (χ1) is 20.9. The summed E-state index contributed by atoms with van der Waals surface area (Å²) in [6.07, 6.45) is 5.55. The molecule has 0 atom stereocenters. The number of rotatable bonds is 15. The van der Waals surface area contributed by atoms with Gasteiger partial charge < -0.3 is 19.9 Å². The van der Waals surface area contributed by atoms with Gasteiger partial charge in [-0.25, -0.2) is 0 Å². The largest absolute Gasteiger partial charge is 0.469 e. The molecule has 7 nitrogen and oxygen atoms in total. The van der Waals surface area contributed by atoms with Crippen molar-refractivity contribution >= 4 is 33.7 Å². The Kier molecular flexibility index (Phi) is 12.8. The molecule has 1 aliphatic rings. The van der Waals surface area contributed by atoms with E-state index in [1.807, 2.05) is 71.6 Å². The maximum atomic E-state index is 13.5. The zero-order valence-corrected chi connectivity index (χ0v) is 26.6. The van der Waals surface area contributed by atoms with E-state index in [1.54, 1.807) is 0 Å². The van der Waals surface area contributed by atoms with Gasteiger partial charge in [0.15, 0.2) is 0 Å². The minimum atomic E-state index is -0.206. The molecule has 1 aliphatic heterocycles. The number of likely N-dealkylation sites (tertiary alicyclic amines) is 1. The van der Waals surface area contributed by atoms with Crippen molar-refractivity contribution in [1.82, 2.24) is 15.1 Å². The summed E-state index contributed by atoms with van der Waals surface area (Å²) >= 11 is 3.50. The standard InChI is InChI=1S/C35H42BrN3O4/c1-43-34(41)16-3-2-4-20-39(33(40)24-27-10-8-15-32(36)23-27)26-28-11-7-12-29(22-28)30-13-9-14-31(25-30)35(42)37-17-21-38-18-5-6-19-38/h7-15,22-23,25H,2-6,16-21,24,26H2,1H3,(H,37,42). The summed E-state index contributed by atoms with van der Waals surface area (Å²) in [5.74, 6) is -0.208. The molecule has 8 heteroatoms. The summed E-state index contributed by atoms with van der Waals surface area (Å²) < 4.78 is 5.69. The van der Waals surface area contributed by atoms with Gasteiger partial charge in [0.25, 0.3) is 5.91 Å². The van der Waals surface area contributed by atoms with Gasteiger partial charge in [-0.2, -0.15) is 0 Å². The third kappa shape index (κ3) is 10.6. The molecule has 0 aliphatic carbocycles. The van der Waals surface area contributed by atoms with Crippen molar-refractivity contribution in [3.8, 4) is 11.1 Å². The van der Waals surface area contributed by atoms with Crippen LogP contribution in [0.5, 0.6) is 0 Å². The van der Waals surface area contributed by atoms with Gasteiger partial charge in [-0.1, -0.05) is 64.8 Å². The van der Waals surface area contributed by atoms with E-state index in [2.05, 4.69) is 32.2 Å². The monoisotopic (exact) mass is 647 g/mol. The second kappa shape index (κ2) is 17.0. The average molecular weight is 649 g/mol. The van der Waals surface area contributed by atoms with E-state index in [0.717, 1.165) is 65.6 Å². The number of benzene rings is 3. The zero-order chi connectivity index (χ0) is 30.4. The number of unbranched alkanes of at least 4 members (excludes halogenated alkanes) is 2. The minimum Gasteiger partial charge on any atom is -0.469 e. The van der Waals surface area contributed by atoms with Crippen LogP contribution in [0.15, 0.2) is 77.3 Å². The second-order valence-corrected chi connectivity index (χ2v) is 12.0. The molecular formula is C35H42BrN3O4. The second-order valence-electron chi connectivity index (χ2n) is 11.1. The van der Waals surface area contributed by atoms with Crippen molar-refractivity contribution in [3.05, 3.63) is 94.0 Å². The molecule has 2 amide bonds. The van der Waals surface area contributed by atoms with Crippen molar-refractivity contribution in [3.63, 3.8) is 0 Å². The SMILES string of the molecule is COC(=O)CCCCCN(Cc1cccc(-c2cccc(C(=O)NCCN3CCCC3)c2)c1)C(=O)Cc1cccc(Br)c1. The van der Waals surface area contributed by atoms with Gasteiger partial charge in [-0.15, -0.1) is 0 Å². The first-order valence-electron chi connectivity index (χ1n) is 15.2. The molecule has 0 saturated carbocycles. The Morgan fingerprint density at radius 2 is 1.60 bits per heavy atom. The Balaban J connectivity index is 1.41. The van der Waals surface area contributed by atoms with E-state index in [0.29, 0.717) is 38.0 Å². The van der Waals surface area contributed by atoms with Gasteiger partial charge in [0, 0.05) is 42.6 Å². The molecule has 1 N–H and O–H groups in total.